The summed E-state index contributed by atoms with van der Waals surface area (Å²) >= 11 is 0. The molecule has 7 heteroatoms. The van der Waals surface area contributed by atoms with Gasteiger partial charge in [0, 0.05) is 13.1 Å². The summed E-state index contributed by atoms with van der Waals surface area (Å²) in [6.45, 7) is 2.40. The minimum absolute atomic E-state index is 0.123. The van der Waals surface area contributed by atoms with Crippen molar-refractivity contribution in [3.05, 3.63) is 29.1 Å². The average Bonchev–Trinajstić information content (AvgIpc) is 2.91. The van der Waals surface area contributed by atoms with Crippen LogP contribution in [0.5, 0.6) is 0 Å². The molecule has 0 bridgehead atoms. The van der Waals surface area contributed by atoms with Crippen LogP contribution < -0.4 is 5.32 Å². The molecule has 0 spiro atoms. The molecule has 1 aliphatic heterocycles. The summed E-state index contributed by atoms with van der Waals surface area (Å²) in [5, 5.41) is 2.28. The third-order valence-corrected chi connectivity index (χ3v) is 3.14. The number of nitrogens with zero attached hydrogens (tertiary/aromatic N) is 1. The Morgan fingerprint density at radius 2 is 1.26 bits per heavy atom. The molecule has 1 aromatic rings. The van der Waals surface area contributed by atoms with E-state index in [1.54, 1.807) is 0 Å². The van der Waals surface area contributed by atoms with Gasteiger partial charge in [-0.2, -0.15) is 0 Å². The lowest BCUT2D eigenvalue weighted by Crippen LogP contribution is -2.26. The fourth-order valence-electron chi connectivity index (χ4n) is 2.11. The summed E-state index contributed by atoms with van der Waals surface area (Å²) in [5.41, 5.74) is -0.962. The normalized spacial score (nSPS) is 16.1. The highest BCUT2D eigenvalue weighted by Crippen LogP contribution is 2.26. The van der Waals surface area contributed by atoms with Gasteiger partial charge < -0.3 is 10.2 Å². The Hall–Kier alpha value is -1.37. The first-order chi connectivity index (χ1) is 9.02. The van der Waals surface area contributed by atoms with Crippen LogP contribution in [-0.4, -0.2) is 31.1 Å². The lowest BCUT2D eigenvalue weighted by molar-refractivity contribution is 0.351. The molecule has 0 amide bonds. The third-order valence-electron chi connectivity index (χ3n) is 3.14. The number of likely N-dealkylation sites (tertiary alicyclic amines) is 1. The molecule has 1 N–H and O–H groups in total. The predicted molar refractivity (Wildman–Crippen MR) is 60.4 cm³/mol. The van der Waals surface area contributed by atoms with Gasteiger partial charge in [0.1, 0.15) is 5.69 Å². The minimum Gasteiger partial charge on any atom is -0.379 e. The van der Waals surface area contributed by atoms with Crippen molar-refractivity contribution < 1.29 is 22.0 Å². The maximum Gasteiger partial charge on any atom is 0.200 e. The first-order valence-corrected chi connectivity index (χ1v) is 6.00. The van der Waals surface area contributed by atoms with Crippen molar-refractivity contribution in [3.63, 3.8) is 0 Å². The van der Waals surface area contributed by atoms with Gasteiger partial charge in [0.25, 0.3) is 0 Å². The van der Waals surface area contributed by atoms with Crippen LogP contribution in [0.3, 0.4) is 0 Å². The Kier molecular flexibility index (Phi) is 4.24. The fraction of sp³-hybridized carbons (Fsp3) is 0.500. The summed E-state index contributed by atoms with van der Waals surface area (Å²) in [5.74, 6) is -9.64. The van der Waals surface area contributed by atoms with Crippen molar-refractivity contribution >= 4 is 5.69 Å². The maximum absolute atomic E-state index is 13.3. The van der Waals surface area contributed by atoms with E-state index in [2.05, 4.69) is 10.2 Å². The monoisotopic (exact) mass is 280 g/mol. The fourth-order valence-corrected chi connectivity index (χ4v) is 2.11. The second-order valence-electron chi connectivity index (χ2n) is 4.42. The molecule has 1 saturated heterocycles. The molecule has 0 unspecified atom stereocenters. The highest BCUT2D eigenvalue weighted by atomic mass is 19.2. The first kappa shape index (κ1) is 14.0. The van der Waals surface area contributed by atoms with Crippen LogP contribution in [0.2, 0.25) is 0 Å². The van der Waals surface area contributed by atoms with Crippen molar-refractivity contribution in [2.75, 3.05) is 31.5 Å². The van der Waals surface area contributed by atoms with Gasteiger partial charge in [-0.1, -0.05) is 0 Å². The molecule has 0 atom stereocenters. The van der Waals surface area contributed by atoms with Gasteiger partial charge in [0.2, 0.25) is 5.82 Å². The number of rotatable bonds is 4. The summed E-state index contributed by atoms with van der Waals surface area (Å²) in [6, 6.07) is 0. The second-order valence-corrected chi connectivity index (χ2v) is 4.42. The summed E-state index contributed by atoms with van der Waals surface area (Å²) in [6.07, 6.45) is 2.12. The van der Waals surface area contributed by atoms with Crippen LogP contribution in [-0.2, 0) is 0 Å². The smallest absolute Gasteiger partial charge is 0.200 e. The lowest BCUT2D eigenvalue weighted by atomic mass is 10.2. The molecule has 106 valence electrons. The zero-order chi connectivity index (χ0) is 14.0. The number of hydrogen-bond donors (Lipinski definition) is 1. The van der Waals surface area contributed by atoms with E-state index in [1.165, 1.54) is 0 Å². The van der Waals surface area contributed by atoms with Gasteiger partial charge in [-0.25, -0.2) is 22.0 Å². The molecule has 0 radical (unpaired) electrons. The van der Waals surface area contributed by atoms with Crippen LogP contribution in [0.15, 0.2) is 0 Å². The van der Waals surface area contributed by atoms with E-state index >= 15 is 0 Å². The number of nitrogens with one attached hydrogen (secondary N) is 1. The third kappa shape index (κ3) is 2.80. The van der Waals surface area contributed by atoms with E-state index in [9.17, 15) is 22.0 Å². The SMILES string of the molecule is Fc1c(F)c(F)c(NCCN2CCCC2)c(F)c1F. The van der Waals surface area contributed by atoms with Gasteiger partial charge in [-0.05, 0) is 25.9 Å². The maximum atomic E-state index is 13.3. The number of benzene rings is 1. The molecule has 0 aliphatic carbocycles. The zero-order valence-corrected chi connectivity index (χ0v) is 10.1. The van der Waals surface area contributed by atoms with Gasteiger partial charge in [0.15, 0.2) is 23.3 Å². The standard InChI is InChI=1S/C12H13F5N2/c13-7-8(14)10(16)12(11(17)9(7)15)18-3-6-19-4-1-2-5-19/h18H,1-6H2. The average molecular weight is 280 g/mol. The molecule has 1 heterocycles. The molecule has 1 aromatic carbocycles. The Bertz CT molecular complexity index is 443. The summed E-state index contributed by atoms with van der Waals surface area (Å²) in [7, 11) is 0. The van der Waals surface area contributed by atoms with Gasteiger partial charge in [-0.15, -0.1) is 0 Å². The topological polar surface area (TPSA) is 15.3 Å². The van der Waals surface area contributed by atoms with Gasteiger partial charge in [-0.3, -0.25) is 0 Å². The Labute approximate surface area is 107 Å². The summed E-state index contributed by atoms with van der Waals surface area (Å²) < 4.78 is 65.3. The minimum atomic E-state index is -2.14. The van der Waals surface area contributed by atoms with Crippen molar-refractivity contribution in [2.24, 2.45) is 0 Å². The van der Waals surface area contributed by atoms with E-state index in [4.69, 9.17) is 0 Å². The van der Waals surface area contributed by atoms with Crippen LogP contribution in [0, 0.1) is 29.1 Å². The molecule has 19 heavy (non-hydrogen) atoms. The zero-order valence-electron chi connectivity index (χ0n) is 10.1. The molecule has 0 saturated carbocycles. The van der Waals surface area contributed by atoms with E-state index in [0.717, 1.165) is 25.9 Å². The van der Waals surface area contributed by atoms with E-state index in [-0.39, 0.29) is 6.54 Å². The van der Waals surface area contributed by atoms with Gasteiger partial charge >= 0.3 is 0 Å². The Morgan fingerprint density at radius 3 is 1.79 bits per heavy atom. The molecule has 0 aromatic heterocycles. The quantitative estimate of drug-likeness (QED) is 0.518. The second kappa shape index (κ2) is 5.73. The molecule has 1 fully saturated rings. The molecule has 2 nitrogen and oxygen atoms in total. The first-order valence-electron chi connectivity index (χ1n) is 6.00. The molecular formula is C12H13F5N2. The van der Waals surface area contributed by atoms with Gasteiger partial charge in [0.05, 0.1) is 0 Å². The number of hydrogen-bond acceptors (Lipinski definition) is 2. The Morgan fingerprint density at radius 1 is 0.789 bits per heavy atom. The van der Waals surface area contributed by atoms with Crippen molar-refractivity contribution in [3.8, 4) is 0 Å². The largest absolute Gasteiger partial charge is 0.379 e. The van der Waals surface area contributed by atoms with Crippen molar-refractivity contribution in [1.29, 1.82) is 0 Å². The molecule has 1 aliphatic rings. The van der Waals surface area contributed by atoms with Crippen molar-refractivity contribution in [2.45, 2.75) is 12.8 Å². The predicted octanol–water partition coefficient (Wildman–Crippen LogP) is 2.89. The van der Waals surface area contributed by atoms with E-state index in [1.807, 2.05) is 0 Å². The lowest BCUT2D eigenvalue weighted by Gasteiger charge is -2.16. The van der Waals surface area contributed by atoms with Crippen LogP contribution in [0.1, 0.15) is 12.8 Å². The highest BCUT2D eigenvalue weighted by molar-refractivity contribution is 5.47. The van der Waals surface area contributed by atoms with Crippen molar-refractivity contribution in [1.82, 2.24) is 4.90 Å². The van der Waals surface area contributed by atoms with E-state index in [0.29, 0.717) is 6.54 Å². The van der Waals surface area contributed by atoms with Crippen LogP contribution in [0.25, 0.3) is 0 Å². The number of halogens is 5. The summed E-state index contributed by atoms with van der Waals surface area (Å²) in [4.78, 5) is 2.05. The highest BCUT2D eigenvalue weighted by Gasteiger charge is 2.25. The van der Waals surface area contributed by atoms with Crippen LogP contribution in [0.4, 0.5) is 27.6 Å². The number of anilines is 1. The molecule has 2 rings (SSSR count). The van der Waals surface area contributed by atoms with Crippen LogP contribution >= 0.6 is 0 Å². The Balaban J connectivity index is 2.07. The molecular weight excluding hydrogens is 267 g/mol. The van der Waals surface area contributed by atoms with E-state index < -0.39 is 34.8 Å².